The molecular formula is C12H17ClN2O3. The van der Waals surface area contributed by atoms with E-state index >= 15 is 0 Å². The number of rotatable bonds is 5. The van der Waals surface area contributed by atoms with Crippen molar-refractivity contribution in [3.8, 4) is 0 Å². The number of amides is 1. The van der Waals surface area contributed by atoms with Gasteiger partial charge >= 0.3 is 0 Å². The number of nitrogens with one attached hydrogen (secondary N) is 1. The zero-order valence-electron chi connectivity index (χ0n) is 10.2. The summed E-state index contributed by atoms with van der Waals surface area (Å²) < 4.78 is 10.4. The van der Waals surface area contributed by atoms with Gasteiger partial charge in [-0.25, -0.2) is 0 Å². The van der Waals surface area contributed by atoms with Crippen LogP contribution in [0, 0.1) is 0 Å². The largest absolute Gasteiger partial charge is 0.448 e. The SMILES string of the molecule is O=C(CCNCc1ccc(Cl)o1)N1CCOCC1. The number of carbonyl (C=O) groups is 1. The van der Waals surface area contributed by atoms with Gasteiger partial charge in [-0.05, 0) is 23.7 Å². The van der Waals surface area contributed by atoms with Gasteiger partial charge in [-0.2, -0.15) is 0 Å². The first-order chi connectivity index (χ1) is 8.75. The molecule has 5 nitrogen and oxygen atoms in total. The second kappa shape index (κ2) is 6.78. The number of carbonyl (C=O) groups excluding carboxylic acids is 1. The van der Waals surface area contributed by atoms with Crippen molar-refractivity contribution in [1.82, 2.24) is 10.2 Å². The molecule has 0 spiro atoms. The molecule has 1 aromatic heterocycles. The fourth-order valence-corrected chi connectivity index (χ4v) is 1.99. The Labute approximate surface area is 111 Å². The van der Waals surface area contributed by atoms with Gasteiger partial charge in [-0.15, -0.1) is 0 Å². The molecule has 1 saturated heterocycles. The predicted octanol–water partition coefficient (Wildman–Crippen LogP) is 1.27. The molecular weight excluding hydrogens is 256 g/mol. The summed E-state index contributed by atoms with van der Waals surface area (Å²) in [4.78, 5) is 13.6. The van der Waals surface area contributed by atoms with Crippen molar-refractivity contribution in [2.75, 3.05) is 32.8 Å². The molecule has 1 fully saturated rings. The third-order valence-corrected chi connectivity index (χ3v) is 3.01. The minimum atomic E-state index is 0.170. The zero-order chi connectivity index (χ0) is 12.8. The second-order valence-corrected chi connectivity index (χ2v) is 4.50. The summed E-state index contributed by atoms with van der Waals surface area (Å²) in [6, 6.07) is 3.52. The van der Waals surface area contributed by atoms with Gasteiger partial charge in [-0.3, -0.25) is 4.79 Å². The van der Waals surface area contributed by atoms with Gasteiger partial charge in [0.25, 0.3) is 0 Å². The van der Waals surface area contributed by atoms with Crippen molar-refractivity contribution >= 4 is 17.5 Å². The van der Waals surface area contributed by atoms with Gasteiger partial charge in [0, 0.05) is 26.1 Å². The molecule has 1 N–H and O–H groups in total. The Kier molecular flexibility index (Phi) is 5.04. The van der Waals surface area contributed by atoms with E-state index in [1.807, 2.05) is 11.0 Å². The van der Waals surface area contributed by atoms with Crippen molar-refractivity contribution < 1.29 is 13.9 Å². The second-order valence-electron chi connectivity index (χ2n) is 4.13. The predicted molar refractivity (Wildman–Crippen MR) is 67.4 cm³/mol. The molecule has 2 heterocycles. The van der Waals surface area contributed by atoms with Crippen molar-refractivity contribution in [1.29, 1.82) is 0 Å². The number of ether oxygens (including phenoxy) is 1. The highest BCUT2D eigenvalue weighted by atomic mass is 35.5. The monoisotopic (exact) mass is 272 g/mol. The normalized spacial score (nSPS) is 15.9. The molecule has 6 heteroatoms. The fourth-order valence-electron chi connectivity index (χ4n) is 1.82. The Balaban J connectivity index is 1.61. The molecule has 0 saturated carbocycles. The number of hydrogen-bond donors (Lipinski definition) is 1. The van der Waals surface area contributed by atoms with Gasteiger partial charge in [0.05, 0.1) is 19.8 Å². The van der Waals surface area contributed by atoms with Gasteiger partial charge in [-0.1, -0.05) is 0 Å². The third-order valence-electron chi connectivity index (χ3n) is 2.81. The smallest absolute Gasteiger partial charge is 0.224 e. The average Bonchev–Trinajstić information content (AvgIpc) is 2.81. The molecule has 1 amide bonds. The number of morpholine rings is 1. The molecule has 1 aliphatic heterocycles. The van der Waals surface area contributed by atoms with Crippen molar-refractivity contribution in [3.63, 3.8) is 0 Å². The lowest BCUT2D eigenvalue weighted by molar-refractivity contribution is -0.135. The van der Waals surface area contributed by atoms with Crippen LogP contribution in [0.4, 0.5) is 0 Å². The number of furan rings is 1. The Bertz CT molecular complexity index is 388. The molecule has 0 aromatic carbocycles. The van der Waals surface area contributed by atoms with Crippen LogP contribution in [0.5, 0.6) is 0 Å². The number of hydrogen-bond acceptors (Lipinski definition) is 4. The summed E-state index contributed by atoms with van der Waals surface area (Å²) in [6.07, 6.45) is 0.494. The summed E-state index contributed by atoms with van der Waals surface area (Å²) >= 11 is 5.66. The Morgan fingerprint density at radius 1 is 1.39 bits per heavy atom. The van der Waals surface area contributed by atoms with Crippen LogP contribution in [0.15, 0.2) is 16.5 Å². The number of nitrogens with zero attached hydrogens (tertiary/aromatic N) is 1. The van der Waals surface area contributed by atoms with Crippen LogP contribution >= 0.6 is 11.6 Å². The van der Waals surface area contributed by atoms with E-state index in [4.69, 9.17) is 20.8 Å². The van der Waals surface area contributed by atoms with E-state index in [0.717, 1.165) is 5.76 Å². The quantitative estimate of drug-likeness (QED) is 0.821. The minimum Gasteiger partial charge on any atom is -0.448 e. The summed E-state index contributed by atoms with van der Waals surface area (Å²) in [6.45, 7) is 3.91. The minimum absolute atomic E-state index is 0.170. The lowest BCUT2D eigenvalue weighted by atomic mass is 10.3. The first-order valence-electron chi connectivity index (χ1n) is 6.06. The van der Waals surface area contributed by atoms with E-state index in [0.29, 0.717) is 51.0 Å². The first kappa shape index (κ1) is 13.4. The van der Waals surface area contributed by atoms with E-state index in [-0.39, 0.29) is 5.91 Å². The van der Waals surface area contributed by atoms with Crippen LogP contribution < -0.4 is 5.32 Å². The fraction of sp³-hybridized carbons (Fsp3) is 0.583. The van der Waals surface area contributed by atoms with E-state index in [1.54, 1.807) is 6.07 Å². The molecule has 2 rings (SSSR count). The molecule has 0 aliphatic carbocycles. The van der Waals surface area contributed by atoms with Crippen molar-refractivity contribution in [3.05, 3.63) is 23.1 Å². The highest BCUT2D eigenvalue weighted by molar-refractivity contribution is 6.28. The van der Waals surface area contributed by atoms with E-state index in [2.05, 4.69) is 5.32 Å². The van der Waals surface area contributed by atoms with Gasteiger partial charge in [0.15, 0.2) is 5.22 Å². The van der Waals surface area contributed by atoms with Gasteiger partial charge in [0.2, 0.25) is 5.91 Å². The van der Waals surface area contributed by atoms with Crippen molar-refractivity contribution in [2.45, 2.75) is 13.0 Å². The van der Waals surface area contributed by atoms with Crippen LogP contribution in [0.3, 0.4) is 0 Å². The number of halogens is 1. The highest BCUT2D eigenvalue weighted by Gasteiger charge is 2.15. The average molecular weight is 273 g/mol. The molecule has 0 bridgehead atoms. The maximum Gasteiger partial charge on any atom is 0.224 e. The molecule has 0 atom stereocenters. The maximum atomic E-state index is 11.8. The van der Waals surface area contributed by atoms with Crippen LogP contribution in [0.1, 0.15) is 12.2 Å². The highest BCUT2D eigenvalue weighted by Crippen LogP contribution is 2.12. The molecule has 18 heavy (non-hydrogen) atoms. The zero-order valence-corrected chi connectivity index (χ0v) is 10.9. The van der Waals surface area contributed by atoms with E-state index in [1.165, 1.54) is 0 Å². The lowest BCUT2D eigenvalue weighted by Gasteiger charge is -2.26. The Hall–Kier alpha value is -1.04. The topological polar surface area (TPSA) is 54.7 Å². The van der Waals surface area contributed by atoms with Crippen LogP contribution in [0.2, 0.25) is 5.22 Å². The van der Waals surface area contributed by atoms with Gasteiger partial charge < -0.3 is 19.4 Å². The summed E-state index contributed by atoms with van der Waals surface area (Å²) in [5.74, 6) is 0.946. The summed E-state index contributed by atoms with van der Waals surface area (Å²) in [7, 11) is 0. The Morgan fingerprint density at radius 2 is 2.17 bits per heavy atom. The van der Waals surface area contributed by atoms with Crippen LogP contribution in [-0.2, 0) is 16.1 Å². The third kappa shape index (κ3) is 4.01. The first-order valence-corrected chi connectivity index (χ1v) is 6.44. The van der Waals surface area contributed by atoms with Gasteiger partial charge in [0.1, 0.15) is 5.76 Å². The van der Waals surface area contributed by atoms with E-state index in [9.17, 15) is 4.79 Å². The standard InChI is InChI=1S/C12H17ClN2O3/c13-11-2-1-10(18-11)9-14-4-3-12(16)15-5-7-17-8-6-15/h1-2,14H,3-9H2. The van der Waals surface area contributed by atoms with Crippen LogP contribution in [-0.4, -0.2) is 43.7 Å². The molecule has 1 aromatic rings. The van der Waals surface area contributed by atoms with Crippen LogP contribution in [0.25, 0.3) is 0 Å². The summed E-state index contributed by atoms with van der Waals surface area (Å²) in [5.41, 5.74) is 0. The lowest BCUT2D eigenvalue weighted by Crippen LogP contribution is -2.41. The summed E-state index contributed by atoms with van der Waals surface area (Å²) in [5, 5.41) is 3.54. The maximum absolute atomic E-state index is 11.8. The molecule has 100 valence electrons. The van der Waals surface area contributed by atoms with E-state index < -0.39 is 0 Å². The molecule has 1 aliphatic rings. The van der Waals surface area contributed by atoms with Crippen molar-refractivity contribution in [2.24, 2.45) is 0 Å². The molecule has 0 radical (unpaired) electrons. The molecule has 0 unspecified atom stereocenters. The Morgan fingerprint density at radius 3 is 2.83 bits per heavy atom.